The predicted octanol–water partition coefficient (Wildman–Crippen LogP) is 4.93. The fourth-order valence-electron chi connectivity index (χ4n) is 3.23. The molecule has 0 aliphatic rings. The molecule has 1 aromatic heterocycles. The van der Waals surface area contributed by atoms with E-state index in [-0.39, 0.29) is 16.5 Å². The molecule has 0 spiro atoms. The van der Waals surface area contributed by atoms with Crippen molar-refractivity contribution in [3.05, 3.63) is 88.5 Å². The van der Waals surface area contributed by atoms with E-state index in [0.717, 1.165) is 23.9 Å². The van der Waals surface area contributed by atoms with E-state index in [9.17, 15) is 22.8 Å². The van der Waals surface area contributed by atoms with Crippen molar-refractivity contribution >= 4 is 34.3 Å². The monoisotopic (exact) mass is 485 g/mol. The maximum atomic E-state index is 13.9. The number of rotatable bonds is 7. The van der Waals surface area contributed by atoms with Crippen molar-refractivity contribution in [3.63, 3.8) is 0 Å². The Bertz CT molecular complexity index is 1430. The number of aromatic nitrogens is 2. The fraction of sp³-hybridized carbons (Fsp3) is 0.125. The SMILES string of the molecule is CCOc1ccc(-n2c(SCC(=O)Nc3ccc(F)c(F)c3F)nc3ccccc3c2=O)cc1. The van der Waals surface area contributed by atoms with Crippen LogP contribution in [0.25, 0.3) is 16.6 Å². The van der Waals surface area contributed by atoms with Crippen LogP contribution in [-0.4, -0.2) is 27.8 Å². The number of nitrogens with one attached hydrogen (secondary N) is 1. The van der Waals surface area contributed by atoms with E-state index in [1.807, 2.05) is 6.92 Å². The normalized spacial score (nSPS) is 10.9. The van der Waals surface area contributed by atoms with Crippen LogP contribution in [0.15, 0.2) is 70.6 Å². The molecular weight excluding hydrogens is 467 g/mol. The number of nitrogens with zero attached hydrogens (tertiary/aromatic N) is 2. The van der Waals surface area contributed by atoms with Gasteiger partial charge in [-0.15, -0.1) is 0 Å². The molecule has 1 N–H and O–H groups in total. The molecule has 0 bridgehead atoms. The van der Waals surface area contributed by atoms with Crippen molar-refractivity contribution in [2.75, 3.05) is 17.7 Å². The molecule has 0 saturated heterocycles. The van der Waals surface area contributed by atoms with Crippen molar-refractivity contribution in [1.82, 2.24) is 9.55 Å². The van der Waals surface area contributed by atoms with Gasteiger partial charge in [0.1, 0.15) is 5.75 Å². The average molecular weight is 485 g/mol. The molecule has 0 aliphatic carbocycles. The third-order valence-electron chi connectivity index (χ3n) is 4.79. The van der Waals surface area contributed by atoms with Crippen molar-refractivity contribution in [2.45, 2.75) is 12.1 Å². The van der Waals surface area contributed by atoms with E-state index in [4.69, 9.17) is 4.74 Å². The van der Waals surface area contributed by atoms with Crippen molar-refractivity contribution in [3.8, 4) is 11.4 Å². The molecule has 3 aromatic carbocycles. The first kappa shape index (κ1) is 23.4. The minimum atomic E-state index is -1.68. The van der Waals surface area contributed by atoms with E-state index >= 15 is 0 Å². The lowest BCUT2D eigenvalue weighted by Gasteiger charge is -2.14. The van der Waals surface area contributed by atoms with E-state index in [1.165, 1.54) is 4.57 Å². The highest BCUT2D eigenvalue weighted by Crippen LogP contribution is 2.24. The molecule has 0 aliphatic heterocycles. The van der Waals surface area contributed by atoms with Crippen LogP contribution in [0.2, 0.25) is 0 Å². The zero-order valence-corrected chi connectivity index (χ0v) is 18.7. The molecular formula is C24H18F3N3O3S. The first-order valence-corrected chi connectivity index (χ1v) is 11.2. The molecule has 0 fully saturated rings. The Morgan fingerprint density at radius 1 is 1.03 bits per heavy atom. The number of thioether (sulfide) groups is 1. The van der Waals surface area contributed by atoms with E-state index in [2.05, 4.69) is 10.3 Å². The smallest absolute Gasteiger partial charge is 0.266 e. The van der Waals surface area contributed by atoms with Crippen LogP contribution in [0, 0.1) is 17.5 Å². The molecule has 4 aromatic rings. The zero-order chi connectivity index (χ0) is 24.2. The molecule has 34 heavy (non-hydrogen) atoms. The molecule has 6 nitrogen and oxygen atoms in total. The second-order valence-corrected chi connectivity index (χ2v) is 7.98. The van der Waals surface area contributed by atoms with Gasteiger partial charge in [-0.2, -0.15) is 0 Å². The second-order valence-electron chi connectivity index (χ2n) is 7.04. The van der Waals surface area contributed by atoms with Gasteiger partial charge in [0.15, 0.2) is 22.6 Å². The summed E-state index contributed by atoms with van der Waals surface area (Å²) in [5.74, 6) is -4.84. The van der Waals surface area contributed by atoms with E-state index < -0.39 is 29.0 Å². The number of ether oxygens (including phenoxy) is 1. The highest BCUT2D eigenvalue weighted by Gasteiger charge is 2.18. The van der Waals surface area contributed by atoms with Crippen LogP contribution < -0.4 is 15.6 Å². The number of para-hydroxylation sites is 1. The minimum Gasteiger partial charge on any atom is -0.494 e. The molecule has 0 radical (unpaired) electrons. The van der Waals surface area contributed by atoms with Crippen molar-refractivity contribution in [2.24, 2.45) is 0 Å². The molecule has 174 valence electrons. The maximum absolute atomic E-state index is 13.9. The summed E-state index contributed by atoms with van der Waals surface area (Å²) in [6.45, 7) is 2.35. The number of benzene rings is 3. The van der Waals surface area contributed by atoms with Crippen molar-refractivity contribution in [1.29, 1.82) is 0 Å². The number of carbonyl (C=O) groups excluding carboxylic acids is 1. The van der Waals surface area contributed by atoms with Gasteiger partial charge in [-0.25, -0.2) is 18.2 Å². The van der Waals surface area contributed by atoms with Gasteiger partial charge in [0.25, 0.3) is 5.56 Å². The molecule has 0 unspecified atom stereocenters. The number of halogens is 3. The summed E-state index contributed by atoms with van der Waals surface area (Å²) in [6.07, 6.45) is 0. The predicted molar refractivity (Wildman–Crippen MR) is 124 cm³/mol. The number of fused-ring (bicyclic) bond motifs is 1. The van der Waals surface area contributed by atoms with E-state index in [0.29, 0.717) is 28.9 Å². The lowest BCUT2D eigenvalue weighted by molar-refractivity contribution is -0.113. The van der Waals surface area contributed by atoms with Gasteiger partial charge in [-0.3, -0.25) is 14.2 Å². The number of hydrogen-bond donors (Lipinski definition) is 1. The molecule has 10 heteroatoms. The summed E-state index contributed by atoms with van der Waals surface area (Å²) < 4.78 is 47.3. The summed E-state index contributed by atoms with van der Waals surface area (Å²) in [7, 11) is 0. The van der Waals surface area contributed by atoms with Gasteiger partial charge >= 0.3 is 0 Å². The number of amides is 1. The average Bonchev–Trinajstić information content (AvgIpc) is 2.84. The van der Waals surface area contributed by atoms with Crippen LogP contribution in [-0.2, 0) is 4.79 Å². The minimum absolute atomic E-state index is 0.230. The van der Waals surface area contributed by atoms with Gasteiger partial charge in [0, 0.05) is 0 Å². The molecule has 0 atom stereocenters. The standard InChI is InChI=1S/C24H18F3N3O3S/c1-2-33-15-9-7-14(8-10-15)30-23(32)16-5-3-4-6-18(16)29-24(30)34-13-20(31)28-19-12-11-17(25)21(26)22(19)27/h3-12H,2,13H2,1H3,(H,28,31). The highest BCUT2D eigenvalue weighted by atomic mass is 32.2. The summed E-state index contributed by atoms with van der Waals surface area (Å²) in [5, 5.41) is 2.84. The highest BCUT2D eigenvalue weighted by molar-refractivity contribution is 7.99. The Balaban J connectivity index is 1.65. The topological polar surface area (TPSA) is 73.2 Å². The van der Waals surface area contributed by atoms with Crippen LogP contribution in [0.5, 0.6) is 5.75 Å². The number of carbonyl (C=O) groups is 1. The second kappa shape index (κ2) is 10.0. The van der Waals surface area contributed by atoms with Crippen LogP contribution in [0.4, 0.5) is 18.9 Å². The van der Waals surface area contributed by atoms with E-state index in [1.54, 1.807) is 48.5 Å². The Morgan fingerprint density at radius 3 is 2.50 bits per heavy atom. The zero-order valence-electron chi connectivity index (χ0n) is 17.8. The lowest BCUT2D eigenvalue weighted by Crippen LogP contribution is -2.23. The van der Waals surface area contributed by atoms with Crippen molar-refractivity contribution < 1.29 is 22.7 Å². The fourth-order valence-corrected chi connectivity index (χ4v) is 4.05. The Labute approximate surface area is 196 Å². The first-order chi connectivity index (χ1) is 16.4. The summed E-state index contributed by atoms with van der Waals surface area (Å²) in [5.41, 5.74) is 0.148. The third-order valence-corrected chi connectivity index (χ3v) is 5.73. The maximum Gasteiger partial charge on any atom is 0.266 e. The molecule has 4 rings (SSSR count). The lowest BCUT2D eigenvalue weighted by atomic mass is 10.2. The Kier molecular flexibility index (Phi) is 6.87. The summed E-state index contributed by atoms with van der Waals surface area (Å²) in [6, 6.07) is 15.3. The number of anilines is 1. The van der Waals surface area contributed by atoms with Gasteiger partial charge in [-0.1, -0.05) is 23.9 Å². The summed E-state index contributed by atoms with van der Waals surface area (Å²) in [4.78, 5) is 30.2. The molecule has 1 heterocycles. The molecule has 0 saturated carbocycles. The van der Waals surface area contributed by atoms with Gasteiger partial charge in [-0.05, 0) is 55.5 Å². The van der Waals surface area contributed by atoms with Crippen LogP contribution >= 0.6 is 11.8 Å². The Hall–Kier alpha value is -3.79. The largest absolute Gasteiger partial charge is 0.494 e. The first-order valence-electron chi connectivity index (χ1n) is 10.2. The Morgan fingerprint density at radius 2 is 1.76 bits per heavy atom. The van der Waals surface area contributed by atoms with Gasteiger partial charge in [0.2, 0.25) is 5.91 Å². The quantitative estimate of drug-likeness (QED) is 0.228. The van der Waals surface area contributed by atoms with Gasteiger partial charge < -0.3 is 10.1 Å². The van der Waals surface area contributed by atoms with Crippen LogP contribution in [0.3, 0.4) is 0 Å². The summed E-state index contributed by atoms with van der Waals surface area (Å²) >= 11 is 0.944. The molecule has 1 amide bonds. The third kappa shape index (κ3) is 4.76. The van der Waals surface area contributed by atoms with Crippen LogP contribution in [0.1, 0.15) is 6.92 Å². The number of hydrogen-bond acceptors (Lipinski definition) is 5. The van der Waals surface area contributed by atoms with Gasteiger partial charge in [0.05, 0.1) is 34.6 Å².